The summed E-state index contributed by atoms with van der Waals surface area (Å²) in [6.07, 6.45) is 5.79. The van der Waals surface area contributed by atoms with Crippen molar-refractivity contribution in [3.05, 3.63) is 28.2 Å². The van der Waals surface area contributed by atoms with E-state index in [0.29, 0.717) is 6.04 Å². The quantitative estimate of drug-likeness (QED) is 0.941. The van der Waals surface area contributed by atoms with Gasteiger partial charge in [-0.3, -0.25) is 0 Å². The maximum Gasteiger partial charge on any atom is 0.138 e. The van der Waals surface area contributed by atoms with Crippen LogP contribution in [0.1, 0.15) is 42.9 Å². The lowest BCUT2D eigenvalue weighted by molar-refractivity contribution is 0.359. The SMILES string of the molecule is CC(C)(C)c1ncc(CNC2CCc3ncnn3C2)s1. The first-order valence-electron chi connectivity index (χ1n) is 7.07. The molecule has 0 radical (unpaired) electrons. The Morgan fingerprint density at radius 1 is 1.40 bits per heavy atom. The van der Waals surface area contributed by atoms with Gasteiger partial charge >= 0.3 is 0 Å². The van der Waals surface area contributed by atoms with Crippen molar-refractivity contribution in [2.45, 2.75) is 58.2 Å². The number of aryl methyl sites for hydroxylation is 1. The first-order chi connectivity index (χ1) is 9.52. The van der Waals surface area contributed by atoms with E-state index < -0.39 is 0 Å². The van der Waals surface area contributed by atoms with Crippen LogP contribution in [0.5, 0.6) is 0 Å². The van der Waals surface area contributed by atoms with Crippen molar-refractivity contribution in [3.8, 4) is 0 Å². The fourth-order valence-electron chi connectivity index (χ4n) is 2.39. The van der Waals surface area contributed by atoms with Crippen molar-refractivity contribution >= 4 is 11.3 Å². The molecule has 3 heterocycles. The van der Waals surface area contributed by atoms with E-state index in [9.17, 15) is 0 Å². The molecule has 2 aromatic heterocycles. The van der Waals surface area contributed by atoms with Crippen LogP contribution in [0.15, 0.2) is 12.5 Å². The van der Waals surface area contributed by atoms with Crippen LogP contribution in [-0.4, -0.2) is 25.8 Å². The van der Waals surface area contributed by atoms with Crippen LogP contribution >= 0.6 is 11.3 Å². The van der Waals surface area contributed by atoms with Gasteiger partial charge in [-0.2, -0.15) is 5.10 Å². The molecular weight excluding hydrogens is 270 g/mol. The first kappa shape index (κ1) is 13.7. The average Bonchev–Trinajstić information content (AvgIpc) is 3.04. The second-order valence-electron chi connectivity index (χ2n) is 6.36. The lowest BCUT2D eigenvalue weighted by Gasteiger charge is -2.23. The third kappa shape index (κ3) is 2.91. The molecule has 0 bridgehead atoms. The van der Waals surface area contributed by atoms with Crippen molar-refractivity contribution in [3.63, 3.8) is 0 Å². The van der Waals surface area contributed by atoms with E-state index in [-0.39, 0.29) is 5.41 Å². The summed E-state index contributed by atoms with van der Waals surface area (Å²) in [7, 11) is 0. The third-order valence-electron chi connectivity index (χ3n) is 3.57. The molecule has 6 heteroatoms. The van der Waals surface area contributed by atoms with E-state index in [0.717, 1.165) is 31.8 Å². The van der Waals surface area contributed by atoms with Gasteiger partial charge in [0.2, 0.25) is 0 Å². The molecule has 1 atom stereocenters. The highest BCUT2D eigenvalue weighted by Gasteiger charge is 2.21. The van der Waals surface area contributed by atoms with Gasteiger partial charge in [0.1, 0.15) is 12.2 Å². The molecule has 1 aliphatic heterocycles. The summed E-state index contributed by atoms with van der Waals surface area (Å²) in [5.74, 6) is 1.11. The minimum absolute atomic E-state index is 0.142. The van der Waals surface area contributed by atoms with Crippen LogP contribution in [0.2, 0.25) is 0 Å². The van der Waals surface area contributed by atoms with Gasteiger partial charge in [-0.1, -0.05) is 20.8 Å². The second-order valence-corrected chi connectivity index (χ2v) is 7.47. The molecule has 5 nitrogen and oxygen atoms in total. The Labute approximate surface area is 123 Å². The zero-order valence-electron chi connectivity index (χ0n) is 12.3. The summed E-state index contributed by atoms with van der Waals surface area (Å²) in [5, 5.41) is 9.07. The minimum Gasteiger partial charge on any atom is -0.307 e. The first-order valence-corrected chi connectivity index (χ1v) is 7.89. The maximum atomic E-state index is 4.53. The summed E-state index contributed by atoms with van der Waals surface area (Å²) < 4.78 is 2.01. The Bertz CT molecular complexity index is 580. The molecule has 2 aromatic rings. The van der Waals surface area contributed by atoms with Crippen molar-refractivity contribution in [1.82, 2.24) is 25.1 Å². The fraction of sp³-hybridized carbons (Fsp3) is 0.643. The minimum atomic E-state index is 0.142. The predicted octanol–water partition coefficient (Wildman–Crippen LogP) is 2.14. The summed E-state index contributed by atoms with van der Waals surface area (Å²) in [6.45, 7) is 8.42. The lowest BCUT2D eigenvalue weighted by atomic mass is 9.98. The van der Waals surface area contributed by atoms with Gasteiger partial charge in [0.25, 0.3) is 0 Å². The third-order valence-corrected chi connectivity index (χ3v) is 4.99. The fourth-order valence-corrected chi connectivity index (χ4v) is 3.31. The number of fused-ring (bicyclic) bond motifs is 1. The zero-order chi connectivity index (χ0) is 14.2. The summed E-state index contributed by atoms with van der Waals surface area (Å²) in [5.41, 5.74) is 0.142. The monoisotopic (exact) mass is 291 g/mol. The summed E-state index contributed by atoms with van der Waals surface area (Å²) in [6, 6.07) is 0.476. The Kier molecular flexibility index (Phi) is 3.60. The van der Waals surface area contributed by atoms with Crippen LogP contribution < -0.4 is 5.32 Å². The van der Waals surface area contributed by atoms with E-state index in [2.05, 4.69) is 41.2 Å². The molecule has 0 aliphatic carbocycles. The Morgan fingerprint density at radius 3 is 3.00 bits per heavy atom. The van der Waals surface area contributed by atoms with Gasteiger partial charge < -0.3 is 5.32 Å². The molecule has 0 saturated carbocycles. The number of thiazole rings is 1. The van der Waals surface area contributed by atoms with Crippen LogP contribution in [0.4, 0.5) is 0 Å². The molecular formula is C14H21N5S. The van der Waals surface area contributed by atoms with E-state index in [1.165, 1.54) is 9.88 Å². The highest BCUT2D eigenvalue weighted by Crippen LogP contribution is 2.26. The second kappa shape index (κ2) is 5.26. The summed E-state index contributed by atoms with van der Waals surface area (Å²) >= 11 is 1.81. The number of hydrogen-bond acceptors (Lipinski definition) is 5. The van der Waals surface area contributed by atoms with Crippen LogP contribution in [0, 0.1) is 0 Å². The van der Waals surface area contributed by atoms with E-state index in [1.807, 2.05) is 22.2 Å². The molecule has 0 amide bonds. The Morgan fingerprint density at radius 2 is 2.25 bits per heavy atom. The molecule has 1 unspecified atom stereocenters. The number of nitrogens with one attached hydrogen (secondary N) is 1. The maximum absolute atomic E-state index is 4.53. The van der Waals surface area contributed by atoms with Crippen molar-refractivity contribution in [2.75, 3.05) is 0 Å². The molecule has 3 rings (SSSR count). The van der Waals surface area contributed by atoms with Gasteiger partial charge in [-0.05, 0) is 6.42 Å². The van der Waals surface area contributed by atoms with Gasteiger partial charge in [0.05, 0.1) is 11.6 Å². The predicted molar refractivity (Wildman–Crippen MR) is 79.8 cm³/mol. The normalized spacial score (nSPS) is 19.1. The number of hydrogen-bond donors (Lipinski definition) is 1. The number of rotatable bonds is 3. The highest BCUT2D eigenvalue weighted by atomic mass is 32.1. The molecule has 0 spiro atoms. The lowest BCUT2D eigenvalue weighted by Crippen LogP contribution is -2.37. The Hall–Kier alpha value is -1.27. The topological polar surface area (TPSA) is 55.6 Å². The zero-order valence-corrected chi connectivity index (χ0v) is 13.1. The number of nitrogens with zero attached hydrogens (tertiary/aromatic N) is 4. The molecule has 108 valence electrons. The van der Waals surface area contributed by atoms with Crippen LogP contribution in [-0.2, 0) is 24.9 Å². The van der Waals surface area contributed by atoms with Crippen molar-refractivity contribution in [1.29, 1.82) is 0 Å². The Balaban J connectivity index is 1.57. The van der Waals surface area contributed by atoms with E-state index in [4.69, 9.17) is 0 Å². The van der Waals surface area contributed by atoms with Crippen molar-refractivity contribution in [2.24, 2.45) is 0 Å². The van der Waals surface area contributed by atoms with Gasteiger partial charge in [0, 0.05) is 35.5 Å². The van der Waals surface area contributed by atoms with Gasteiger partial charge in [-0.15, -0.1) is 11.3 Å². The van der Waals surface area contributed by atoms with Gasteiger partial charge in [-0.25, -0.2) is 14.6 Å². The molecule has 1 aliphatic rings. The molecule has 0 aromatic carbocycles. The largest absolute Gasteiger partial charge is 0.307 e. The van der Waals surface area contributed by atoms with E-state index >= 15 is 0 Å². The van der Waals surface area contributed by atoms with Crippen LogP contribution in [0.25, 0.3) is 0 Å². The van der Waals surface area contributed by atoms with Gasteiger partial charge in [0.15, 0.2) is 0 Å². The van der Waals surface area contributed by atoms with Crippen molar-refractivity contribution < 1.29 is 0 Å². The molecule has 0 saturated heterocycles. The van der Waals surface area contributed by atoms with E-state index in [1.54, 1.807) is 6.33 Å². The molecule has 1 N–H and O–H groups in total. The standard InChI is InChI=1S/C14H21N5S/c1-14(2,3)13-16-7-11(20-13)6-15-10-4-5-12-17-9-18-19(12)8-10/h7,9-10,15H,4-6,8H2,1-3H3. The summed E-state index contributed by atoms with van der Waals surface area (Å²) in [4.78, 5) is 10.1. The number of aromatic nitrogens is 4. The smallest absolute Gasteiger partial charge is 0.138 e. The van der Waals surface area contributed by atoms with Crippen LogP contribution in [0.3, 0.4) is 0 Å². The molecule has 20 heavy (non-hydrogen) atoms. The highest BCUT2D eigenvalue weighted by molar-refractivity contribution is 7.11. The average molecular weight is 291 g/mol. The molecule has 0 fully saturated rings.